The van der Waals surface area contributed by atoms with Crippen LogP contribution in [0.3, 0.4) is 0 Å². The molecule has 0 spiro atoms. The molecule has 0 atom stereocenters. The van der Waals surface area contributed by atoms with Crippen molar-refractivity contribution < 1.29 is 14.3 Å². The summed E-state index contributed by atoms with van der Waals surface area (Å²) in [7, 11) is 0. The minimum absolute atomic E-state index is 0.0882. The molecule has 0 saturated heterocycles. The third kappa shape index (κ3) is 2.78. The van der Waals surface area contributed by atoms with Crippen molar-refractivity contribution in [3.05, 3.63) is 58.1 Å². The average molecular weight is 337 g/mol. The molecule has 0 bridgehead atoms. The smallest absolute Gasteiger partial charge is 0.264 e. The van der Waals surface area contributed by atoms with Crippen LogP contribution in [0.1, 0.15) is 57.4 Å². The van der Waals surface area contributed by atoms with Crippen molar-refractivity contribution in [3.63, 3.8) is 0 Å². The first kappa shape index (κ1) is 15.8. The summed E-state index contributed by atoms with van der Waals surface area (Å²) in [4.78, 5) is 16.2. The SMILES string of the molecule is Cc1[nH]c(-c2nnc(C3CC3)o2)c(C)c1C(=O)c1cccc(CO)c1. The standard InChI is InChI=1S/C19H19N3O3/c1-10-15(17(24)14-5-3-4-12(8-14)9-23)11(2)20-16(10)19-22-21-18(25-19)13-6-7-13/h3-5,8,13,20,23H,6-7,9H2,1-2H3. The quantitative estimate of drug-likeness (QED) is 0.697. The zero-order valence-corrected chi connectivity index (χ0v) is 14.2. The lowest BCUT2D eigenvalue weighted by atomic mass is 9.98. The van der Waals surface area contributed by atoms with Gasteiger partial charge < -0.3 is 14.5 Å². The highest BCUT2D eigenvalue weighted by Crippen LogP contribution is 2.40. The molecule has 6 nitrogen and oxygen atoms in total. The Morgan fingerprint density at radius 3 is 2.84 bits per heavy atom. The van der Waals surface area contributed by atoms with Crippen molar-refractivity contribution in [1.82, 2.24) is 15.2 Å². The van der Waals surface area contributed by atoms with Gasteiger partial charge >= 0.3 is 0 Å². The molecule has 6 heteroatoms. The Kier molecular flexibility index (Phi) is 3.77. The molecule has 0 radical (unpaired) electrons. The third-order valence-corrected chi connectivity index (χ3v) is 4.62. The summed E-state index contributed by atoms with van der Waals surface area (Å²) in [6.07, 6.45) is 2.19. The van der Waals surface area contributed by atoms with Crippen LogP contribution in [0.15, 0.2) is 28.7 Å². The van der Waals surface area contributed by atoms with Crippen LogP contribution in [0.4, 0.5) is 0 Å². The van der Waals surface area contributed by atoms with Gasteiger partial charge in [0.15, 0.2) is 5.78 Å². The number of hydrogen-bond donors (Lipinski definition) is 2. The number of aryl methyl sites for hydroxylation is 1. The lowest BCUT2D eigenvalue weighted by Crippen LogP contribution is -2.04. The van der Waals surface area contributed by atoms with Gasteiger partial charge in [-0.1, -0.05) is 18.2 Å². The van der Waals surface area contributed by atoms with Crippen molar-refractivity contribution in [2.75, 3.05) is 0 Å². The summed E-state index contributed by atoms with van der Waals surface area (Å²) >= 11 is 0. The normalized spacial score (nSPS) is 14.0. The summed E-state index contributed by atoms with van der Waals surface area (Å²) in [6, 6.07) is 7.03. The number of carbonyl (C=O) groups excluding carboxylic acids is 1. The number of aromatic nitrogens is 3. The molecule has 0 amide bonds. The van der Waals surface area contributed by atoms with E-state index in [1.54, 1.807) is 24.3 Å². The van der Waals surface area contributed by atoms with Crippen LogP contribution >= 0.6 is 0 Å². The molecule has 4 rings (SSSR count). The molecule has 0 aliphatic heterocycles. The number of H-pyrrole nitrogens is 1. The molecule has 128 valence electrons. The maximum Gasteiger partial charge on any atom is 0.264 e. The molecule has 3 aromatic rings. The topological polar surface area (TPSA) is 92.0 Å². The molecule has 1 aliphatic rings. The molecule has 1 fully saturated rings. The zero-order valence-electron chi connectivity index (χ0n) is 14.2. The number of ketones is 1. The van der Waals surface area contributed by atoms with Gasteiger partial charge in [0.25, 0.3) is 5.89 Å². The first-order valence-electron chi connectivity index (χ1n) is 8.36. The summed E-state index contributed by atoms with van der Waals surface area (Å²) in [5.41, 5.74) is 4.12. The number of hydrogen-bond acceptors (Lipinski definition) is 5. The van der Waals surface area contributed by atoms with Gasteiger partial charge in [-0.2, -0.15) is 0 Å². The van der Waals surface area contributed by atoms with E-state index in [1.807, 2.05) is 13.8 Å². The Morgan fingerprint density at radius 1 is 1.32 bits per heavy atom. The second kappa shape index (κ2) is 5.97. The largest absolute Gasteiger partial charge is 0.419 e. The predicted octanol–water partition coefficient (Wildman–Crippen LogP) is 3.28. The molecule has 1 aliphatic carbocycles. The lowest BCUT2D eigenvalue weighted by Gasteiger charge is -2.04. The number of benzene rings is 1. The van der Waals surface area contributed by atoms with Gasteiger partial charge in [0, 0.05) is 22.7 Å². The van der Waals surface area contributed by atoms with Crippen molar-refractivity contribution in [2.45, 2.75) is 39.2 Å². The van der Waals surface area contributed by atoms with Crippen LogP contribution in [0.5, 0.6) is 0 Å². The number of aromatic amines is 1. The Hall–Kier alpha value is -2.73. The fourth-order valence-corrected chi connectivity index (χ4v) is 3.09. The second-order valence-electron chi connectivity index (χ2n) is 6.53. The number of rotatable bonds is 5. The number of nitrogens with zero attached hydrogens (tertiary/aromatic N) is 2. The van der Waals surface area contributed by atoms with E-state index in [-0.39, 0.29) is 12.4 Å². The fourth-order valence-electron chi connectivity index (χ4n) is 3.09. The van der Waals surface area contributed by atoms with Gasteiger partial charge in [-0.05, 0) is 43.9 Å². The van der Waals surface area contributed by atoms with Crippen LogP contribution in [0, 0.1) is 13.8 Å². The Labute approximate surface area is 144 Å². The van der Waals surface area contributed by atoms with Gasteiger partial charge in [0.1, 0.15) is 5.69 Å². The minimum Gasteiger partial charge on any atom is -0.419 e. The highest BCUT2D eigenvalue weighted by atomic mass is 16.4. The van der Waals surface area contributed by atoms with Crippen LogP contribution in [0.2, 0.25) is 0 Å². The van der Waals surface area contributed by atoms with E-state index in [4.69, 9.17) is 4.42 Å². The maximum atomic E-state index is 13.0. The van der Waals surface area contributed by atoms with Crippen LogP contribution in [0.25, 0.3) is 11.6 Å². The first-order valence-corrected chi connectivity index (χ1v) is 8.36. The van der Waals surface area contributed by atoms with Gasteiger partial charge in [0.05, 0.1) is 6.61 Å². The van der Waals surface area contributed by atoms with Crippen molar-refractivity contribution in [2.24, 2.45) is 0 Å². The average Bonchev–Trinajstić information content (AvgIpc) is 3.29. The molecular weight excluding hydrogens is 318 g/mol. The number of nitrogens with one attached hydrogen (secondary N) is 1. The number of aliphatic hydroxyl groups excluding tert-OH is 1. The highest BCUT2D eigenvalue weighted by Gasteiger charge is 2.30. The molecular formula is C19H19N3O3. The van der Waals surface area contributed by atoms with Crippen LogP contribution in [-0.4, -0.2) is 26.1 Å². The second-order valence-corrected chi connectivity index (χ2v) is 6.53. The van der Waals surface area contributed by atoms with Gasteiger partial charge in [-0.25, -0.2) is 0 Å². The lowest BCUT2D eigenvalue weighted by molar-refractivity contribution is 0.103. The van der Waals surface area contributed by atoms with E-state index >= 15 is 0 Å². The molecule has 1 aromatic carbocycles. The fraction of sp³-hybridized carbons (Fsp3) is 0.316. The van der Waals surface area contributed by atoms with E-state index in [2.05, 4.69) is 15.2 Å². The van der Waals surface area contributed by atoms with Crippen molar-refractivity contribution in [3.8, 4) is 11.6 Å². The van der Waals surface area contributed by atoms with Gasteiger partial charge in [-0.3, -0.25) is 4.79 Å². The monoisotopic (exact) mass is 337 g/mol. The highest BCUT2D eigenvalue weighted by molar-refractivity contribution is 6.11. The Morgan fingerprint density at radius 2 is 2.12 bits per heavy atom. The van der Waals surface area contributed by atoms with Crippen LogP contribution in [-0.2, 0) is 6.61 Å². The van der Waals surface area contributed by atoms with E-state index in [9.17, 15) is 9.90 Å². The van der Waals surface area contributed by atoms with Gasteiger partial charge in [0.2, 0.25) is 5.89 Å². The van der Waals surface area contributed by atoms with E-state index < -0.39 is 0 Å². The Balaban J connectivity index is 1.72. The molecule has 2 heterocycles. The molecule has 0 unspecified atom stereocenters. The minimum atomic E-state index is -0.0938. The first-order chi connectivity index (χ1) is 12.1. The zero-order chi connectivity index (χ0) is 17.6. The Bertz CT molecular complexity index is 951. The van der Waals surface area contributed by atoms with Gasteiger partial charge in [-0.15, -0.1) is 10.2 Å². The summed E-state index contributed by atoms with van der Waals surface area (Å²) < 4.78 is 5.77. The van der Waals surface area contributed by atoms with Crippen molar-refractivity contribution in [1.29, 1.82) is 0 Å². The summed E-state index contributed by atoms with van der Waals surface area (Å²) in [6.45, 7) is 3.64. The molecule has 25 heavy (non-hydrogen) atoms. The predicted molar refractivity (Wildman–Crippen MR) is 91.3 cm³/mol. The van der Waals surface area contributed by atoms with E-state index in [1.165, 1.54) is 0 Å². The molecule has 1 saturated carbocycles. The number of carbonyl (C=O) groups is 1. The summed E-state index contributed by atoms with van der Waals surface area (Å²) in [5, 5.41) is 17.5. The summed E-state index contributed by atoms with van der Waals surface area (Å²) in [5.74, 6) is 1.39. The van der Waals surface area contributed by atoms with Crippen LogP contribution < -0.4 is 0 Å². The molecule has 2 N–H and O–H groups in total. The maximum absolute atomic E-state index is 13.0. The third-order valence-electron chi connectivity index (χ3n) is 4.62. The van der Waals surface area contributed by atoms with Crippen molar-refractivity contribution >= 4 is 5.78 Å². The van der Waals surface area contributed by atoms with E-state index in [0.29, 0.717) is 40.1 Å². The molecule has 2 aromatic heterocycles. The van der Waals surface area contributed by atoms with E-state index in [0.717, 1.165) is 24.1 Å². The number of aliphatic hydroxyl groups is 1.